The number of nitrogens with zero attached hydrogens (tertiary/aromatic N) is 2. The third-order valence-electron chi connectivity index (χ3n) is 2.78. The number of methoxy groups -OCH3 is 1. The van der Waals surface area contributed by atoms with Gasteiger partial charge in [0.1, 0.15) is 11.6 Å². The highest BCUT2D eigenvalue weighted by Gasteiger charge is 2.18. The molecule has 90 valence electrons. The van der Waals surface area contributed by atoms with Crippen molar-refractivity contribution in [3.05, 3.63) is 28.2 Å². The Kier molecular flexibility index (Phi) is 3.47. The van der Waals surface area contributed by atoms with Crippen molar-refractivity contribution in [1.82, 2.24) is 0 Å². The maximum Gasteiger partial charge on any atom is 0.125 e. The van der Waals surface area contributed by atoms with Crippen molar-refractivity contribution < 1.29 is 4.74 Å². The molecule has 0 aromatic heterocycles. The van der Waals surface area contributed by atoms with Gasteiger partial charge in [0.2, 0.25) is 0 Å². The summed E-state index contributed by atoms with van der Waals surface area (Å²) in [4.78, 5) is 0. The van der Waals surface area contributed by atoms with E-state index in [9.17, 15) is 0 Å². The van der Waals surface area contributed by atoms with Crippen molar-refractivity contribution in [3.63, 3.8) is 0 Å². The van der Waals surface area contributed by atoms with Gasteiger partial charge in [-0.05, 0) is 34.1 Å². The van der Waals surface area contributed by atoms with Crippen LogP contribution in [0.2, 0.25) is 0 Å². The molecule has 1 atom stereocenters. The van der Waals surface area contributed by atoms with Crippen molar-refractivity contribution in [2.75, 3.05) is 7.11 Å². The van der Waals surface area contributed by atoms with Crippen LogP contribution in [0.4, 0.5) is 0 Å². The molecule has 1 aromatic rings. The summed E-state index contributed by atoms with van der Waals surface area (Å²) in [5, 5.41) is 8.14. The van der Waals surface area contributed by atoms with Gasteiger partial charge in [-0.15, -0.1) is 5.10 Å². The number of rotatable bonds is 2. The van der Waals surface area contributed by atoms with E-state index >= 15 is 0 Å². The van der Waals surface area contributed by atoms with Crippen LogP contribution in [0.3, 0.4) is 0 Å². The van der Waals surface area contributed by atoms with E-state index in [0.29, 0.717) is 5.84 Å². The van der Waals surface area contributed by atoms with E-state index in [4.69, 9.17) is 10.5 Å². The van der Waals surface area contributed by atoms with Gasteiger partial charge in [-0.1, -0.05) is 6.92 Å². The Labute approximate surface area is 109 Å². The molecular formula is C12H14BrN3O. The maximum atomic E-state index is 5.71. The second kappa shape index (κ2) is 4.87. The fourth-order valence-corrected chi connectivity index (χ4v) is 2.26. The van der Waals surface area contributed by atoms with Crippen molar-refractivity contribution in [2.24, 2.45) is 21.9 Å². The second-order valence-corrected chi connectivity index (χ2v) is 4.88. The highest BCUT2D eigenvalue weighted by atomic mass is 79.9. The third-order valence-corrected chi connectivity index (χ3v) is 3.43. The molecule has 0 amide bonds. The van der Waals surface area contributed by atoms with Crippen LogP contribution in [0.1, 0.15) is 18.9 Å². The lowest BCUT2D eigenvalue weighted by molar-refractivity contribution is 0.414. The summed E-state index contributed by atoms with van der Waals surface area (Å²) in [6.07, 6.45) is 0.806. The summed E-state index contributed by atoms with van der Waals surface area (Å²) in [5.41, 5.74) is 7.70. The Balaban J connectivity index is 2.36. The van der Waals surface area contributed by atoms with Crippen LogP contribution in [-0.4, -0.2) is 18.7 Å². The Hall–Kier alpha value is -1.36. The quantitative estimate of drug-likeness (QED) is 0.911. The largest absolute Gasteiger partial charge is 0.497 e. The van der Waals surface area contributed by atoms with E-state index in [1.165, 1.54) is 0 Å². The summed E-state index contributed by atoms with van der Waals surface area (Å²) < 4.78 is 6.12. The van der Waals surface area contributed by atoms with Gasteiger partial charge in [-0.25, -0.2) is 0 Å². The number of hydrogen-bond donors (Lipinski definition) is 1. The van der Waals surface area contributed by atoms with Crippen molar-refractivity contribution in [1.29, 1.82) is 0 Å². The Morgan fingerprint density at radius 1 is 1.41 bits per heavy atom. The molecule has 1 aliphatic rings. The predicted octanol–water partition coefficient (Wildman–Crippen LogP) is 2.56. The average molecular weight is 296 g/mol. The predicted molar refractivity (Wildman–Crippen MR) is 72.6 cm³/mol. The molecule has 0 bridgehead atoms. The summed E-state index contributed by atoms with van der Waals surface area (Å²) in [6, 6.07) is 5.81. The summed E-state index contributed by atoms with van der Waals surface area (Å²) >= 11 is 3.52. The second-order valence-electron chi connectivity index (χ2n) is 4.02. The molecular weight excluding hydrogens is 282 g/mol. The first-order valence-electron chi connectivity index (χ1n) is 5.35. The molecule has 1 unspecified atom stereocenters. The van der Waals surface area contributed by atoms with Gasteiger partial charge < -0.3 is 10.5 Å². The van der Waals surface area contributed by atoms with Crippen LogP contribution in [0.25, 0.3) is 0 Å². The van der Waals surface area contributed by atoms with E-state index in [0.717, 1.165) is 27.9 Å². The van der Waals surface area contributed by atoms with Crippen molar-refractivity contribution in [2.45, 2.75) is 13.3 Å². The van der Waals surface area contributed by atoms with E-state index in [-0.39, 0.29) is 5.92 Å². The molecule has 0 fully saturated rings. The Morgan fingerprint density at radius 3 is 2.76 bits per heavy atom. The molecule has 0 aliphatic carbocycles. The number of benzene rings is 1. The lowest BCUT2D eigenvalue weighted by atomic mass is 9.97. The first-order valence-corrected chi connectivity index (χ1v) is 6.15. The average Bonchev–Trinajstić information content (AvgIpc) is 2.32. The SMILES string of the molecule is COc1ccc(C2=NN=C(N)C(C)C2)c(Br)c1. The van der Waals surface area contributed by atoms with Gasteiger partial charge in [0.05, 0.1) is 12.8 Å². The standard InChI is InChI=1S/C12H14BrN3O/c1-7-5-11(15-16-12(7)14)9-4-3-8(17-2)6-10(9)13/h3-4,6-7H,5H2,1-2H3,(H2,14,16). The summed E-state index contributed by atoms with van der Waals surface area (Å²) in [6.45, 7) is 2.05. The van der Waals surface area contributed by atoms with Crippen LogP contribution >= 0.6 is 15.9 Å². The maximum absolute atomic E-state index is 5.71. The minimum absolute atomic E-state index is 0.233. The Morgan fingerprint density at radius 2 is 2.18 bits per heavy atom. The molecule has 2 rings (SSSR count). The molecule has 0 saturated carbocycles. The smallest absolute Gasteiger partial charge is 0.125 e. The van der Waals surface area contributed by atoms with Gasteiger partial charge in [0, 0.05) is 22.4 Å². The molecule has 1 aliphatic heterocycles. The fraction of sp³-hybridized carbons (Fsp3) is 0.333. The molecule has 1 heterocycles. The zero-order valence-electron chi connectivity index (χ0n) is 9.77. The molecule has 0 radical (unpaired) electrons. The molecule has 2 N–H and O–H groups in total. The number of amidine groups is 1. The number of ether oxygens (including phenoxy) is 1. The summed E-state index contributed by atoms with van der Waals surface area (Å²) in [5.74, 6) is 1.64. The molecule has 0 spiro atoms. The lowest BCUT2D eigenvalue weighted by Crippen LogP contribution is -2.26. The first kappa shape index (κ1) is 12.1. The van der Waals surface area contributed by atoms with Crippen molar-refractivity contribution in [3.8, 4) is 5.75 Å². The van der Waals surface area contributed by atoms with Gasteiger partial charge in [-0.2, -0.15) is 5.10 Å². The molecule has 17 heavy (non-hydrogen) atoms. The van der Waals surface area contributed by atoms with Gasteiger partial charge in [0.15, 0.2) is 0 Å². The normalized spacial score (nSPS) is 19.6. The van der Waals surface area contributed by atoms with Crippen LogP contribution in [-0.2, 0) is 0 Å². The number of nitrogens with two attached hydrogens (primary N) is 1. The highest BCUT2D eigenvalue weighted by molar-refractivity contribution is 9.10. The van der Waals surface area contributed by atoms with E-state index < -0.39 is 0 Å². The number of hydrogen-bond acceptors (Lipinski definition) is 4. The molecule has 1 aromatic carbocycles. The van der Waals surface area contributed by atoms with E-state index in [1.54, 1.807) is 7.11 Å². The van der Waals surface area contributed by atoms with Crippen LogP contribution < -0.4 is 10.5 Å². The Bertz CT molecular complexity index is 497. The zero-order valence-corrected chi connectivity index (χ0v) is 11.4. The highest BCUT2D eigenvalue weighted by Crippen LogP contribution is 2.26. The van der Waals surface area contributed by atoms with Crippen molar-refractivity contribution >= 4 is 27.5 Å². The molecule has 0 saturated heterocycles. The fourth-order valence-electron chi connectivity index (χ4n) is 1.67. The minimum Gasteiger partial charge on any atom is -0.497 e. The van der Waals surface area contributed by atoms with Crippen LogP contribution in [0, 0.1) is 5.92 Å². The van der Waals surface area contributed by atoms with E-state index in [1.807, 2.05) is 25.1 Å². The van der Waals surface area contributed by atoms with Gasteiger partial charge in [-0.3, -0.25) is 0 Å². The minimum atomic E-state index is 0.233. The van der Waals surface area contributed by atoms with E-state index in [2.05, 4.69) is 26.1 Å². The topological polar surface area (TPSA) is 60.0 Å². The van der Waals surface area contributed by atoms with Crippen LogP contribution in [0.15, 0.2) is 32.9 Å². The first-order chi connectivity index (χ1) is 8.11. The number of halogens is 1. The molecule has 5 heteroatoms. The monoisotopic (exact) mass is 295 g/mol. The molecule has 4 nitrogen and oxygen atoms in total. The summed E-state index contributed by atoms with van der Waals surface area (Å²) in [7, 11) is 1.65. The van der Waals surface area contributed by atoms with Gasteiger partial charge >= 0.3 is 0 Å². The lowest BCUT2D eigenvalue weighted by Gasteiger charge is -2.17. The van der Waals surface area contributed by atoms with Gasteiger partial charge in [0.25, 0.3) is 0 Å². The zero-order chi connectivity index (χ0) is 12.4. The third kappa shape index (κ3) is 2.49. The van der Waals surface area contributed by atoms with Crippen LogP contribution in [0.5, 0.6) is 5.75 Å².